The minimum absolute atomic E-state index is 0.339. The average molecular weight is 292 g/mol. The normalized spacial score (nSPS) is 22.9. The minimum atomic E-state index is 0.339. The van der Waals surface area contributed by atoms with Crippen LogP contribution in [-0.2, 0) is 0 Å². The van der Waals surface area contributed by atoms with Gasteiger partial charge in [-0.2, -0.15) is 0 Å². The molecule has 0 amide bonds. The molecule has 1 aliphatic carbocycles. The van der Waals surface area contributed by atoms with Crippen molar-refractivity contribution in [3.63, 3.8) is 0 Å². The molecule has 1 heterocycles. The van der Waals surface area contributed by atoms with Crippen LogP contribution in [0, 0.1) is 5.92 Å². The Balaban J connectivity index is 2.03. The van der Waals surface area contributed by atoms with Crippen LogP contribution in [0.1, 0.15) is 38.6 Å². The van der Waals surface area contributed by atoms with Crippen LogP contribution in [0.5, 0.6) is 0 Å². The third kappa shape index (κ3) is 2.26. The van der Waals surface area contributed by atoms with E-state index in [0.29, 0.717) is 28.5 Å². The van der Waals surface area contributed by atoms with Gasteiger partial charge in [0, 0.05) is 5.56 Å². The molecule has 3 rings (SSSR count). The third-order valence-electron chi connectivity index (χ3n) is 4.14. The summed E-state index contributed by atoms with van der Waals surface area (Å²) in [4.78, 5) is 0. The maximum Gasteiger partial charge on any atom is 0.183 e. The highest BCUT2D eigenvalue weighted by molar-refractivity contribution is 6.35. The van der Waals surface area contributed by atoms with Crippen molar-refractivity contribution in [1.29, 1.82) is 0 Å². The van der Waals surface area contributed by atoms with Crippen molar-refractivity contribution < 1.29 is 0 Å². The van der Waals surface area contributed by atoms with Gasteiger partial charge in [0.25, 0.3) is 0 Å². The van der Waals surface area contributed by atoms with E-state index in [0.717, 1.165) is 12.0 Å². The first-order valence-corrected chi connectivity index (χ1v) is 7.38. The number of nitrogens with zero attached hydrogens (tertiary/aromatic N) is 4. The van der Waals surface area contributed by atoms with Gasteiger partial charge in [0.2, 0.25) is 0 Å². The van der Waals surface area contributed by atoms with E-state index in [9.17, 15) is 0 Å². The van der Waals surface area contributed by atoms with Gasteiger partial charge >= 0.3 is 0 Å². The lowest BCUT2D eigenvalue weighted by atomic mass is 9.86. The molecule has 1 aliphatic rings. The third-order valence-corrected chi connectivity index (χ3v) is 4.56. The smallest absolute Gasteiger partial charge is 0.183 e. The van der Waals surface area contributed by atoms with E-state index in [2.05, 4.69) is 22.4 Å². The van der Waals surface area contributed by atoms with Crippen LogP contribution in [-0.4, -0.2) is 20.2 Å². The highest BCUT2D eigenvalue weighted by Crippen LogP contribution is 2.37. The Labute approximate surface area is 123 Å². The molecule has 0 bridgehead atoms. The monoisotopic (exact) mass is 291 g/mol. The number of nitrogen functional groups attached to an aromatic ring is 1. The second-order valence-electron chi connectivity index (χ2n) is 5.48. The number of aromatic nitrogens is 4. The lowest BCUT2D eigenvalue weighted by molar-refractivity contribution is 0.239. The molecule has 2 atom stereocenters. The molecular formula is C14H18ClN5. The molecule has 2 N–H and O–H groups in total. The maximum atomic E-state index is 6.30. The van der Waals surface area contributed by atoms with Crippen LogP contribution >= 0.6 is 11.6 Å². The molecule has 5 nitrogen and oxygen atoms in total. The zero-order valence-electron chi connectivity index (χ0n) is 11.5. The van der Waals surface area contributed by atoms with Crippen LogP contribution in [0.15, 0.2) is 18.2 Å². The number of anilines is 1. The topological polar surface area (TPSA) is 69.6 Å². The Hall–Kier alpha value is -1.62. The van der Waals surface area contributed by atoms with Crippen LogP contribution in [0.3, 0.4) is 0 Å². The highest BCUT2D eigenvalue weighted by Gasteiger charge is 2.27. The first-order chi connectivity index (χ1) is 9.68. The van der Waals surface area contributed by atoms with E-state index in [1.807, 2.05) is 16.8 Å². The summed E-state index contributed by atoms with van der Waals surface area (Å²) >= 11 is 6.30. The summed E-state index contributed by atoms with van der Waals surface area (Å²) in [5.74, 6) is 1.28. The van der Waals surface area contributed by atoms with Gasteiger partial charge in [-0.3, -0.25) is 0 Å². The molecule has 0 aliphatic heterocycles. The van der Waals surface area contributed by atoms with Gasteiger partial charge in [0.1, 0.15) is 0 Å². The molecule has 20 heavy (non-hydrogen) atoms. The van der Waals surface area contributed by atoms with Crippen molar-refractivity contribution in [3.8, 4) is 11.4 Å². The molecule has 1 aromatic carbocycles. The van der Waals surface area contributed by atoms with Gasteiger partial charge in [-0.1, -0.05) is 37.4 Å². The number of hydrogen-bond donors (Lipinski definition) is 1. The van der Waals surface area contributed by atoms with E-state index in [1.165, 1.54) is 19.3 Å². The Bertz CT molecular complexity index is 609. The molecule has 2 aromatic rings. The van der Waals surface area contributed by atoms with Gasteiger partial charge in [-0.05, 0) is 41.3 Å². The zero-order chi connectivity index (χ0) is 14.1. The standard InChI is InChI=1S/C14H18ClN5/c1-9-5-2-3-8-12(9)20-14(17-18-19-20)10-6-4-7-11(16)13(10)15/h4,6-7,9,12H,2-3,5,8,16H2,1H3. The summed E-state index contributed by atoms with van der Waals surface area (Å²) in [5.41, 5.74) is 7.22. The van der Waals surface area contributed by atoms with E-state index in [1.54, 1.807) is 6.07 Å². The van der Waals surface area contributed by atoms with Gasteiger partial charge in [0.15, 0.2) is 5.82 Å². The van der Waals surface area contributed by atoms with Crippen molar-refractivity contribution in [1.82, 2.24) is 20.2 Å². The molecule has 1 fully saturated rings. The SMILES string of the molecule is CC1CCCCC1n1nnnc1-c1cccc(N)c1Cl. The molecule has 106 valence electrons. The van der Waals surface area contributed by atoms with Crippen molar-refractivity contribution in [3.05, 3.63) is 23.2 Å². The van der Waals surface area contributed by atoms with Gasteiger partial charge in [0.05, 0.1) is 16.8 Å². The number of benzene rings is 1. The van der Waals surface area contributed by atoms with E-state index in [4.69, 9.17) is 17.3 Å². The second-order valence-corrected chi connectivity index (χ2v) is 5.86. The van der Waals surface area contributed by atoms with E-state index >= 15 is 0 Å². The number of nitrogens with two attached hydrogens (primary N) is 1. The summed E-state index contributed by atoms with van der Waals surface area (Å²) in [7, 11) is 0. The summed E-state index contributed by atoms with van der Waals surface area (Å²) in [6.45, 7) is 2.26. The molecule has 0 saturated heterocycles. The predicted octanol–water partition coefficient (Wildman–Crippen LogP) is 3.33. The van der Waals surface area contributed by atoms with Crippen LogP contribution in [0.4, 0.5) is 5.69 Å². The summed E-state index contributed by atoms with van der Waals surface area (Å²) in [6, 6.07) is 5.91. The quantitative estimate of drug-likeness (QED) is 0.862. The molecule has 0 radical (unpaired) electrons. The van der Waals surface area contributed by atoms with Crippen LogP contribution in [0.2, 0.25) is 5.02 Å². The number of rotatable bonds is 2. The summed E-state index contributed by atoms with van der Waals surface area (Å²) in [5, 5.41) is 12.7. The Kier molecular flexibility index (Phi) is 3.61. The number of hydrogen-bond acceptors (Lipinski definition) is 4. The van der Waals surface area contributed by atoms with E-state index in [-0.39, 0.29) is 0 Å². The fourth-order valence-electron chi connectivity index (χ4n) is 2.98. The van der Waals surface area contributed by atoms with Crippen molar-refractivity contribution >= 4 is 17.3 Å². The first kappa shape index (κ1) is 13.4. The molecular weight excluding hydrogens is 274 g/mol. The lowest BCUT2D eigenvalue weighted by Crippen LogP contribution is -2.23. The Morgan fingerprint density at radius 3 is 2.90 bits per heavy atom. The Morgan fingerprint density at radius 1 is 1.30 bits per heavy atom. The Morgan fingerprint density at radius 2 is 2.10 bits per heavy atom. The highest BCUT2D eigenvalue weighted by atomic mass is 35.5. The molecule has 1 saturated carbocycles. The van der Waals surface area contributed by atoms with Gasteiger partial charge in [-0.25, -0.2) is 4.68 Å². The average Bonchev–Trinajstić information content (AvgIpc) is 2.91. The fourth-order valence-corrected chi connectivity index (χ4v) is 3.19. The van der Waals surface area contributed by atoms with Gasteiger partial charge < -0.3 is 5.73 Å². The number of tetrazole rings is 1. The molecule has 0 spiro atoms. The lowest BCUT2D eigenvalue weighted by Gasteiger charge is -2.29. The van der Waals surface area contributed by atoms with Gasteiger partial charge in [-0.15, -0.1) is 5.10 Å². The predicted molar refractivity (Wildman–Crippen MR) is 79.3 cm³/mol. The first-order valence-electron chi connectivity index (χ1n) is 7.00. The van der Waals surface area contributed by atoms with E-state index < -0.39 is 0 Å². The number of halogens is 1. The summed E-state index contributed by atoms with van der Waals surface area (Å²) in [6.07, 6.45) is 4.83. The van der Waals surface area contributed by atoms with Crippen LogP contribution in [0.25, 0.3) is 11.4 Å². The largest absolute Gasteiger partial charge is 0.398 e. The van der Waals surface area contributed by atoms with Crippen LogP contribution < -0.4 is 5.73 Å². The molecule has 6 heteroatoms. The maximum absolute atomic E-state index is 6.30. The summed E-state index contributed by atoms with van der Waals surface area (Å²) < 4.78 is 1.92. The fraction of sp³-hybridized carbons (Fsp3) is 0.500. The molecule has 1 aromatic heterocycles. The van der Waals surface area contributed by atoms with Crippen molar-refractivity contribution in [2.24, 2.45) is 5.92 Å². The zero-order valence-corrected chi connectivity index (χ0v) is 12.2. The minimum Gasteiger partial charge on any atom is -0.398 e. The second kappa shape index (κ2) is 5.40. The van der Waals surface area contributed by atoms with Crippen molar-refractivity contribution in [2.75, 3.05) is 5.73 Å². The molecule has 2 unspecified atom stereocenters. The van der Waals surface area contributed by atoms with Crippen molar-refractivity contribution in [2.45, 2.75) is 38.6 Å².